The highest BCUT2D eigenvalue weighted by molar-refractivity contribution is 6.05. The number of aromatic carboxylic acids is 1. The lowest BCUT2D eigenvalue weighted by atomic mass is 10.1. The van der Waals surface area contributed by atoms with Crippen LogP contribution in [0, 0.1) is 0 Å². The van der Waals surface area contributed by atoms with Crippen molar-refractivity contribution in [1.82, 2.24) is 14.8 Å². The van der Waals surface area contributed by atoms with Crippen molar-refractivity contribution in [2.75, 3.05) is 69.7 Å². The Morgan fingerprint density at radius 1 is 1.12 bits per heavy atom. The first-order valence-electron chi connectivity index (χ1n) is 11.1. The summed E-state index contributed by atoms with van der Waals surface area (Å²) in [6.45, 7) is 8.33. The number of carbonyl (C=O) groups excluding carboxylic acids is 2. The number of hydrogen-bond acceptors (Lipinski definition) is 7. The Morgan fingerprint density at radius 3 is 2.42 bits per heavy atom. The van der Waals surface area contributed by atoms with Crippen molar-refractivity contribution >= 4 is 40.2 Å². The Morgan fingerprint density at radius 2 is 1.82 bits per heavy atom. The summed E-state index contributed by atoms with van der Waals surface area (Å²) in [6, 6.07) is 6.57. The number of nitrogens with one attached hydrogen (secondary N) is 1. The zero-order chi connectivity index (χ0) is 24.0. The average Bonchev–Trinajstić information content (AvgIpc) is 2.79. The molecule has 1 aromatic carbocycles. The molecule has 1 saturated heterocycles. The second-order valence-electron chi connectivity index (χ2n) is 7.88. The van der Waals surface area contributed by atoms with Crippen molar-refractivity contribution in [2.45, 2.75) is 13.8 Å². The summed E-state index contributed by atoms with van der Waals surface area (Å²) in [5.74, 6) is -0.673. The van der Waals surface area contributed by atoms with Crippen LogP contribution in [-0.2, 0) is 14.3 Å². The minimum Gasteiger partial charge on any atom is -0.478 e. The predicted molar refractivity (Wildman–Crippen MR) is 126 cm³/mol. The third kappa shape index (κ3) is 5.96. The van der Waals surface area contributed by atoms with Crippen LogP contribution in [-0.4, -0.2) is 97.2 Å². The highest BCUT2D eigenvalue weighted by atomic mass is 16.5. The Kier molecular flexibility index (Phi) is 8.18. The Balaban J connectivity index is 1.75. The van der Waals surface area contributed by atoms with Gasteiger partial charge in [-0.2, -0.15) is 0 Å². The number of fused-ring (bicyclic) bond motifs is 1. The molecule has 3 rings (SSSR count). The van der Waals surface area contributed by atoms with Crippen LogP contribution in [0.25, 0.3) is 10.9 Å². The standard InChI is InChI=1S/C23H31N5O5/c1-4-27(5-2)22(30)14-26-8-10-28(11-9-26)20-13-18(23(31)32)17-12-16(6-7-19(17)25-20)24-21(29)15-33-3/h6-7,12-13H,4-5,8-11,14-15H2,1-3H3,(H,24,29)(H,31,32). The smallest absolute Gasteiger partial charge is 0.336 e. The van der Waals surface area contributed by atoms with Crippen molar-refractivity contribution in [3.8, 4) is 0 Å². The van der Waals surface area contributed by atoms with Gasteiger partial charge in [-0.1, -0.05) is 0 Å². The quantitative estimate of drug-likeness (QED) is 0.582. The Hall–Kier alpha value is -3.24. The lowest BCUT2D eigenvalue weighted by molar-refractivity contribution is -0.132. The maximum absolute atomic E-state index is 12.4. The van der Waals surface area contributed by atoms with Gasteiger partial charge in [0, 0.05) is 57.5 Å². The lowest BCUT2D eigenvalue weighted by Crippen LogP contribution is -2.50. The third-order valence-electron chi connectivity index (χ3n) is 5.76. The number of nitrogens with zero attached hydrogens (tertiary/aromatic N) is 4. The lowest BCUT2D eigenvalue weighted by Gasteiger charge is -2.36. The molecule has 1 fully saturated rings. The molecule has 0 radical (unpaired) electrons. The molecule has 0 unspecified atom stereocenters. The minimum absolute atomic E-state index is 0.0898. The highest BCUT2D eigenvalue weighted by Crippen LogP contribution is 2.26. The molecule has 10 nitrogen and oxygen atoms in total. The van der Waals surface area contributed by atoms with Gasteiger partial charge in [-0.15, -0.1) is 0 Å². The molecule has 33 heavy (non-hydrogen) atoms. The largest absolute Gasteiger partial charge is 0.478 e. The van der Waals surface area contributed by atoms with Gasteiger partial charge in [-0.05, 0) is 38.1 Å². The highest BCUT2D eigenvalue weighted by Gasteiger charge is 2.23. The van der Waals surface area contributed by atoms with Gasteiger partial charge < -0.3 is 25.0 Å². The molecule has 0 saturated carbocycles. The second kappa shape index (κ2) is 11.1. The summed E-state index contributed by atoms with van der Waals surface area (Å²) in [7, 11) is 1.43. The number of amides is 2. The predicted octanol–water partition coefficient (Wildman–Crippen LogP) is 1.51. The van der Waals surface area contributed by atoms with Crippen molar-refractivity contribution in [3.05, 3.63) is 29.8 Å². The van der Waals surface area contributed by atoms with E-state index in [0.717, 1.165) is 0 Å². The number of rotatable bonds is 9. The zero-order valence-corrected chi connectivity index (χ0v) is 19.3. The summed E-state index contributed by atoms with van der Waals surface area (Å²) in [4.78, 5) is 46.8. The fourth-order valence-electron chi connectivity index (χ4n) is 3.96. The zero-order valence-electron chi connectivity index (χ0n) is 19.3. The van der Waals surface area contributed by atoms with E-state index in [1.807, 2.05) is 23.6 Å². The van der Waals surface area contributed by atoms with E-state index in [-0.39, 0.29) is 24.0 Å². The number of methoxy groups -OCH3 is 1. The molecular formula is C23H31N5O5. The molecule has 0 aliphatic carbocycles. The van der Waals surface area contributed by atoms with Crippen molar-refractivity contribution in [2.24, 2.45) is 0 Å². The van der Waals surface area contributed by atoms with E-state index in [0.29, 0.717) is 68.2 Å². The number of piperazine rings is 1. The average molecular weight is 458 g/mol. The normalized spacial score (nSPS) is 14.3. The molecular weight excluding hydrogens is 426 g/mol. The van der Waals surface area contributed by atoms with E-state index < -0.39 is 5.97 Å². The van der Waals surface area contributed by atoms with E-state index in [2.05, 4.69) is 15.2 Å². The molecule has 1 aromatic heterocycles. The number of likely N-dealkylation sites (N-methyl/N-ethyl adjacent to an activating group) is 1. The van der Waals surface area contributed by atoms with Crippen LogP contribution in [0.5, 0.6) is 0 Å². The summed E-state index contributed by atoms with van der Waals surface area (Å²) in [5.41, 5.74) is 1.14. The summed E-state index contributed by atoms with van der Waals surface area (Å²) < 4.78 is 4.81. The molecule has 0 spiro atoms. The van der Waals surface area contributed by atoms with E-state index >= 15 is 0 Å². The minimum atomic E-state index is -1.06. The van der Waals surface area contributed by atoms with Crippen molar-refractivity contribution < 1.29 is 24.2 Å². The van der Waals surface area contributed by atoms with Crippen LogP contribution in [0.1, 0.15) is 24.2 Å². The van der Waals surface area contributed by atoms with Crippen LogP contribution >= 0.6 is 0 Å². The van der Waals surface area contributed by atoms with Crippen LogP contribution in [0.15, 0.2) is 24.3 Å². The monoisotopic (exact) mass is 457 g/mol. The fourth-order valence-corrected chi connectivity index (χ4v) is 3.96. The number of hydrogen-bond donors (Lipinski definition) is 2. The number of anilines is 2. The van der Waals surface area contributed by atoms with Gasteiger partial charge in [0.1, 0.15) is 12.4 Å². The maximum Gasteiger partial charge on any atom is 0.336 e. The van der Waals surface area contributed by atoms with Gasteiger partial charge in [-0.25, -0.2) is 9.78 Å². The van der Waals surface area contributed by atoms with Crippen LogP contribution in [0.4, 0.5) is 11.5 Å². The van der Waals surface area contributed by atoms with Crippen molar-refractivity contribution in [3.63, 3.8) is 0 Å². The van der Waals surface area contributed by atoms with E-state index in [9.17, 15) is 19.5 Å². The Labute approximate surface area is 193 Å². The topological polar surface area (TPSA) is 115 Å². The van der Waals surface area contributed by atoms with Gasteiger partial charge >= 0.3 is 5.97 Å². The van der Waals surface area contributed by atoms with E-state index in [1.165, 1.54) is 7.11 Å². The molecule has 2 amide bonds. The molecule has 10 heteroatoms. The number of carboxylic acids is 1. The first-order valence-corrected chi connectivity index (χ1v) is 11.1. The van der Waals surface area contributed by atoms with Crippen LogP contribution < -0.4 is 10.2 Å². The van der Waals surface area contributed by atoms with Gasteiger partial charge in [0.25, 0.3) is 0 Å². The summed E-state index contributed by atoms with van der Waals surface area (Å²) in [5, 5.41) is 12.9. The molecule has 1 aliphatic heterocycles. The van der Waals surface area contributed by atoms with Crippen molar-refractivity contribution in [1.29, 1.82) is 0 Å². The number of carboxylic acid groups (broad SMARTS) is 1. The fraction of sp³-hybridized carbons (Fsp3) is 0.478. The Bertz CT molecular complexity index is 1020. The molecule has 2 aromatic rings. The first kappa shape index (κ1) is 24.4. The van der Waals surface area contributed by atoms with Gasteiger partial charge in [0.2, 0.25) is 11.8 Å². The first-order chi connectivity index (χ1) is 15.9. The molecule has 2 heterocycles. The maximum atomic E-state index is 12.4. The summed E-state index contributed by atoms with van der Waals surface area (Å²) >= 11 is 0. The molecule has 0 atom stereocenters. The summed E-state index contributed by atoms with van der Waals surface area (Å²) in [6.07, 6.45) is 0. The third-order valence-corrected chi connectivity index (χ3v) is 5.76. The molecule has 0 bridgehead atoms. The van der Waals surface area contributed by atoms with Gasteiger partial charge in [-0.3, -0.25) is 14.5 Å². The number of aromatic nitrogens is 1. The van der Waals surface area contributed by atoms with E-state index in [1.54, 1.807) is 24.3 Å². The van der Waals surface area contributed by atoms with Gasteiger partial charge in [0.05, 0.1) is 17.6 Å². The second-order valence-corrected chi connectivity index (χ2v) is 7.88. The molecule has 1 aliphatic rings. The number of benzene rings is 1. The van der Waals surface area contributed by atoms with Crippen LogP contribution in [0.2, 0.25) is 0 Å². The SMILES string of the molecule is CCN(CC)C(=O)CN1CCN(c2cc(C(=O)O)c3cc(NC(=O)COC)ccc3n2)CC1. The number of ether oxygens (including phenoxy) is 1. The number of pyridine rings is 1. The van der Waals surface area contributed by atoms with Gasteiger partial charge in [0.15, 0.2) is 0 Å². The van der Waals surface area contributed by atoms with E-state index in [4.69, 9.17) is 4.74 Å². The number of carbonyl (C=O) groups is 3. The van der Waals surface area contributed by atoms with Crippen LogP contribution in [0.3, 0.4) is 0 Å². The molecule has 2 N–H and O–H groups in total. The molecule has 178 valence electrons.